The Hall–Kier alpha value is -3.49. The number of H-pyrrole nitrogens is 1. The van der Waals surface area contributed by atoms with Gasteiger partial charge in [-0.3, -0.25) is 14.9 Å². The number of esters is 1. The Morgan fingerprint density at radius 1 is 1.33 bits per heavy atom. The lowest BCUT2D eigenvalue weighted by molar-refractivity contribution is -0.576. The molecule has 0 amide bonds. The molecule has 3 aromatic rings. The first-order chi connectivity index (χ1) is 11.5. The largest absolute Gasteiger partial charge is 0.618 e. The van der Waals surface area contributed by atoms with Crippen LogP contribution in [0.4, 0.5) is 5.69 Å². The third-order valence-corrected chi connectivity index (χ3v) is 3.58. The number of hydrogen-bond acceptors (Lipinski definition) is 6. The molecule has 2 aromatic heterocycles. The van der Waals surface area contributed by atoms with Crippen molar-refractivity contribution in [2.24, 2.45) is 0 Å². The quantitative estimate of drug-likeness (QED) is 0.193. The maximum absolute atomic E-state index is 12.5. The minimum atomic E-state index is -0.783. The van der Waals surface area contributed by atoms with Crippen molar-refractivity contribution in [2.45, 2.75) is 6.92 Å². The SMILES string of the molecule is CCOC(=O)c1c[nH]c2c(ccc3c([N+](=O)[O-])cc[n+]([O-])c32)c1=O. The number of fused-ring (bicyclic) bond motifs is 3. The molecular formula is C15H11N3O6. The summed E-state index contributed by atoms with van der Waals surface area (Å²) < 4.78 is 5.24. The van der Waals surface area contributed by atoms with E-state index in [0.29, 0.717) is 4.73 Å². The van der Waals surface area contributed by atoms with Crippen LogP contribution in [0.15, 0.2) is 35.4 Å². The molecule has 0 aliphatic rings. The minimum Gasteiger partial charge on any atom is -0.618 e. The van der Waals surface area contributed by atoms with E-state index < -0.39 is 16.3 Å². The Morgan fingerprint density at radius 2 is 2.04 bits per heavy atom. The Labute approximate surface area is 133 Å². The molecule has 122 valence electrons. The van der Waals surface area contributed by atoms with Crippen molar-refractivity contribution in [3.05, 3.63) is 61.7 Å². The lowest BCUT2D eigenvalue weighted by Crippen LogP contribution is -2.27. The van der Waals surface area contributed by atoms with Crippen LogP contribution in [0.5, 0.6) is 0 Å². The Bertz CT molecular complexity index is 1060. The van der Waals surface area contributed by atoms with Gasteiger partial charge in [-0.15, -0.1) is 0 Å². The summed E-state index contributed by atoms with van der Waals surface area (Å²) in [5.74, 6) is -0.783. The lowest BCUT2D eigenvalue weighted by Gasteiger charge is -2.07. The number of benzene rings is 1. The number of ether oxygens (including phenoxy) is 1. The highest BCUT2D eigenvalue weighted by atomic mass is 16.6. The highest BCUT2D eigenvalue weighted by Gasteiger charge is 2.23. The monoisotopic (exact) mass is 329 g/mol. The number of pyridine rings is 2. The van der Waals surface area contributed by atoms with E-state index in [9.17, 15) is 24.9 Å². The fraction of sp³-hybridized carbons (Fsp3) is 0.133. The molecule has 0 saturated carbocycles. The second-order valence-electron chi connectivity index (χ2n) is 4.92. The summed E-state index contributed by atoms with van der Waals surface area (Å²) in [6, 6.07) is 3.74. The van der Waals surface area contributed by atoms with Crippen LogP contribution < -0.4 is 10.2 Å². The molecule has 0 unspecified atom stereocenters. The molecule has 1 N–H and O–H groups in total. The van der Waals surface area contributed by atoms with Gasteiger partial charge in [0.1, 0.15) is 16.5 Å². The molecule has 0 aliphatic heterocycles. The van der Waals surface area contributed by atoms with E-state index in [1.54, 1.807) is 6.92 Å². The number of aromatic amines is 1. The van der Waals surface area contributed by atoms with E-state index in [0.717, 1.165) is 18.5 Å². The van der Waals surface area contributed by atoms with Crippen LogP contribution >= 0.6 is 0 Å². The van der Waals surface area contributed by atoms with E-state index in [2.05, 4.69) is 4.98 Å². The number of carbonyl (C=O) groups is 1. The highest BCUT2D eigenvalue weighted by Crippen LogP contribution is 2.26. The number of rotatable bonds is 3. The summed E-state index contributed by atoms with van der Waals surface area (Å²) in [5.41, 5.74) is -1.00. The zero-order chi connectivity index (χ0) is 17.4. The second kappa shape index (κ2) is 5.61. The molecule has 0 fully saturated rings. The van der Waals surface area contributed by atoms with Crippen molar-refractivity contribution >= 4 is 33.5 Å². The third kappa shape index (κ3) is 2.22. The summed E-state index contributed by atoms with van der Waals surface area (Å²) >= 11 is 0. The minimum absolute atomic E-state index is 0.0470. The topological polar surface area (TPSA) is 129 Å². The summed E-state index contributed by atoms with van der Waals surface area (Å²) in [5, 5.41) is 23.3. The van der Waals surface area contributed by atoms with Gasteiger partial charge in [0, 0.05) is 6.20 Å². The summed E-state index contributed by atoms with van der Waals surface area (Å²) in [6.07, 6.45) is 2.14. The van der Waals surface area contributed by atoms with Gasteiger partial charge in [0.15, 0.2) is 6.20 Å². The van der Waals surface area contributed by atoms with Crippen molar-refractivity contribution in [3.8, 4) is 0 Å². The van der Waals surface area contributed by atoms with Crippen LogP contribution in [-0.4, -0.2) is 22.5 Å². The lowest BCUT2D eigenvalue weighted by atomic mass is 10.1. The van der Waals surface area contributed by atoms with Gasteiger partial charge in [0.2, 0.25) is 5.43 Å². The molecule has 0 spiro atoms. The van der Waals surface area contributed by atoms with Crippen LogP contribution in [0.1, 0.15) is 17.3 Å². The van der Waals surface area contributed by atoms with Gasteiger partial charge < -0.3 is 14.9 Å². The van der Waals surface area contributed by atoms with Crippen molar-refractivity contribution < 1.29 is 19.2 Å². The first-order valence-electron chi connectivity index (χ1n) is 6.97. The van der Waals surface area contributed by atoms with Crippen molar-refractivity contribution in [3.63, 3.8) is 0 Å². The molecule has 0 aliphatic carbocycles. The molecule has 0 atom stereocenters. The first kappa shape index (κ1) is 15.4. The summed E-state index contributed by atoms with van der Waals surface area (Å²) in [6.45, 7) is 1.72. The molecule has 0 saturated heterocycles. The molecule has 9 nitrogen and oxygen atoms in total. The average molecular weight is 329 g/mol. The van der Waals surface area contributed by atoms with Crippen molar-refractivity contribution in [2.75, 3.05) is 6.61 Å². The number of nitrogens with zero attached hydrogens (tertiary/aromatic N) is 2. The number of nitro groups is 1. The van der Waals surface area contributed by atoms with E-state index >= 15 is 0 Å². The standard InChI is InChI=1S/C15H11N3O6/c1-2-24-15(20)10-7-16-12-9(14(10)19)4-3-8-11(18(22)23)5-6-17(21)13(8)12/h3-7H,2H2,1H3,(H,16,19). The van der Waals surface area contributed by atoms with E-state index in [1.165, 1.54) is 12.1 Å². The fourth-order valence-corrected chi connectivity index (χ4v) is 2.54. The molecule has 3 rings (SSSR count). The first-order valence-corrected chi connectivity index (χ1v) is 6.97. The third-order valence-electron chi connectivity index (χ3n) is 3.58. The molecule has 9 heteroatoms. The maximum Gasteiger partial charge on any atom is 0.343 e. The smallest absolute Gasteiger partial charge is 0.343 e. The van der Waals surface area contributed by atoms with Crippen LogP contribution in [0.25, 0.3) is 21.8 Å². The predicted octanol–water partition coefficient (Wildman–Crippen LogP) is 1.40. The molecule has 2 heterocycles. The van der Waals surface area contributed by atoms with Crippen LogP contribution in [0, 0.1) is 15.3 Å². The van der Waals surface area contributed by atoms with E-state index in [4.69, 9.17) is 4.74 Å². The molecule has 0 radical (unpaired) electrons. The molecule has 24 heavy (non-hydrogen) atoms. The summed E-state index contributed by atoms with van der Waals surface area (Å²) in [4.78, 5) is 37.4. The van der Waals surface area contributed by atoms with Crippen LogP contribution in [0.3, 0.4) is 0 Å². The molecule has 0 bridgehead atoms. The summed E-state index contributed by atoms with van der Waals surface area (Å²) in [7, 11) is 0. The van der Waals surface area contributed by atoms with Gasteiger partial charge in [0.25, 0.3) is 11.2 Å². The highest BCUT2D eigenvalue weighted by molar-refractivity contribution is 6.05. The number of aromatic nitrogens is 2. The predicted molar refractivity (Wildman–Crippen MR) is 83.6 cm³/mol. The fourth-order valence-electron chi connectivity index (χ4n) is 2.54. The Kier molecular flexibility index (Phi) is 3.60. The van der Waals surface area contributed by atoms with Crippen LogP contribution in [0.2, 0.25) is 0 Å². The average Bonchev–Trinajstić information content (AvgIpc) is 2.54. The zero-order valence-corrected chi connectivity index (χ0v) is 12.4. The second-order valence-corrected chi connectivity index (χ2v) is 4.92. The van der Waals surface area contributed by atoms with Gasteiger partial charge in [-0.05, 0) is 19.1 Å². The van der Waals surface area contributed by atoms with Crippen LogP contribution in [-0.2, 0) is 4.74 Å². The van der Waals surface area contributed by atoms with Gasteiger partial charge >= 0.3 is 5.97 Å². The van der Waals surface area contributed by atoms with Crippen molar-refractivity contribution in [1.29, 1.82) is 0 Å². The number of carbonyl (C=O) groups excluding carboxylic acids is 1. The normalized spacial score (nSPS) is 10.9. The number of nitrogens with one attached hydrogen (secondary N) is 1. The van der Waals surface area contributed by atoms with Gasteiger partial charge in [-0.2, -0.15) is 4.73 Å². The maximum atomic E-state index is 12.5. The molecule has 1 aromatic carbocycles. The van der Waals surface area contributed by atoms with E-state index in [1.807, 2.05) is 0 Å². The van der Waals surface area contributed by atoms with E-state index in [-0.39, 0.29) is 39.7 Å². The Balaban J connectivity index is 2.40. The Morgan fingerprint density at radius 3 is 2.71 bits per heavy atom. The van der Waals surface area contributed by atoms with Gasteiger partial charge in [-0.25, -0.2) is 4.79 Å². The van der Waals surface area contributed by atoms with Gasteiger partial charge in [0.05, 0.1) is 23.0 Å². The zero-order valence-electron chi connectivity index (χ0n) is 12.4. The van der Waals surface area contributed by atoms with Crippen molar-refractivity contribution in [1.82, 2.24) is 4.98 Å². The van der Waals surface area contributed by atoms with Gasteiger partial charge in [-0.1, -0.05) is 0 Å². The molecular weight excluding hydrogens is 318 g/mol. The number of hydrogen-bond donors (Lipinski definition) is 1.